The number of rotatable bonds is 7. The Morgan fingerprint density at radius 1 is 1.00 bits per heavy atom. The van der Waals surface area contributed by atoms with Gasteiger partial charge in [0.1, 0.15) is 11.5 Å². The van der Waals surface area contributed by atoms with Crippen molar-refractivity contribution in [3.05, 3.63) is 75.2 Å². The lowest BCUT2D eigenvalue weighted by molar-refractivity contribution is -0.114. The zero-order valence-electron chi connectivity index (χ0n) is 20.2. The van der Waals surface area contributed by atoms with E-state index >= 15 is 0 Å². The molecular formula is C26H28N2O5S2. The SMILES string of the molecule is COC(=O)c1c(NC(=O)CN(c2cc(C)cc(C)c2)S(=O)(=O)c2ccc(C)cc2)sc2c1CCC2. The van der Waals surface area contributed by atoms with Gasteiger partial charge in [-0.2, -0.15) is 0 Å². The second-order valence-electron chi connectivity index (χ2n) is 8.77. The number of anilines is 2. The number of aryl methyl sites for hydroxylation is 4. The highest BCUT2D eigenvalue weighted by Gasteiger charge is 2.31. The van der Waals surface area contributed by atoms with Gasteiger partial charge in [-0.05, 0) is 81.0 Å². The summed E-state index contributed by atoms with van der Waals surface area (Å²) in [5, 5.41) is 3.19. The molecule has 1 aromatic heterocycles. The molecule has 1 amide bonds. The van der Waals surface area contributed by atoms with Crippen molar-refractivity contribution in [2.75, 3.05) is 23.3 Å². The Kier molecular flexibility index (Phi) is 7.00. The molecule has 0 saturated heterocycles. The van der Waals surface area contributed by atoms with E-state index in [4.69, 9.17) is 4.74 Å². The third-order valence-electron chi connectivity index (χ3n) is 5.95. The Morgan fingerprint density at radius 2 is 1.66 bits per heavy atom. The normalized spacial score (nSPS) is 12.8. The van der Waals surface area contributed by atoms with Crippen molar-refractivity contribution >= 4 is 43.9 Å². The van der Waals surface area contributed by atoms with Crippen LogP contribution in [0.2, 0.25) is 0 Å². The molecule has 35 heavy (non-hydrogen) atoms. The molecule has 0 fully saturated rings. The van der Waals surface area contributed by atoms with Crippen molar-refractivity contribution in [2.24, 2.45) is 0 Å². The fourth-order valence-corrected chi connectivity index (χ4v) is 7.05. The first-order chi connectivity index (χ1) is 16.6. The number of carbonyl (C=O) groups is 2. The summed E-state index contributed by atoms with van der Waals surface area (Å²) in [6.45, 7) is 5.19. The van der Waals surface area contributed by atoms with Crippen LogP contribution in [0.5, 0.6) is 0 Å². The number of hydrogen-bond acceptors (Lipinski definition) is 6. The lowest BCUT2D eigenvalue weighted by Gasteiger charge is -2.25. The maximum Gasteiger partial charge on any atom is 0.341 e. The summed E-state index contributed by atoms with van der Waals surface area (Å²) in [5.74, 6) is -1.04. The summed E-state index contributed by atoms with van der Waals surface area (Å²) >= 11 is 1.35. The smallest absolute Gasteiger partial charge is 0.341 e. The average molecular weight is 513 g/mol. The average Bonchev–Trinajstić information content (AvgIpc) is 3.37. The van der Waals surface area contributed by atoms with Gasteiger partial charge in [0.25, 0.3) is 10.0 Å². The van der Waals surface area contributed by atoms with E-state index in [0.717, 1.165) is 50.7 Å². The van der Waals surface area contributed by atoms with Gasteiger partial charge < -0.3 is 10.1 Å². The number of methoxy groups -OCH3 is 1. The Labute approximate surface area is 209 Å². The molecule has 0 unspecified atom stereocenters. The number of ether oxygens (including phenoxy) is 1. The van der Waals surface area contributed by atoms with E-state index in [9.17, 15) is 18.0 Å². The summed E-state index contributed by atoms with van der Waals surface area (Å²) in [5.41, 5.74) is 4.38. The van der Waals surface area contributed by atoms with Gasteiger partial charge in [-0.3, -0.25) is 9.10 Å². The number of sulfonamides is 1. The Balaban J connectivity index is 1.70. The first-order valence-corrected chi connectivity index (χ1v) is 13.6. The monoisotopic (exact) mass is 512 g/mol. The van der Waals surface area contributed by atoms with Crippen LogP contribution in [0, 0.1) is 20.8 Å². The molecule has 4 rings (SSSR count). The third-order valence-corrected chi connectivity index (χ3v) is 8.95. The van der Waals surface area contributed by atoms with Crippen LogP contribution in [-0.2, 0) is 32.4 Å². The predicted molar refractivity (Wildman–Crippen MR) is 138 cm³/mol. The van der Waals surface area contributed by atoms with Gasteiger partial charge in [0, 0.05) is 4.88 Å². The van der Waals surface area contributed by atoms with Gasteiger partial charge in [-0.25, -0.2) is 13.2 Å². The molecule has 0 radical (unpaired) electrons. The minimum atomic E-state index is -4.04. The zero-order valence-corrected chi connectivity index (χ0v) is 21.8. The Hall–Kier alpha value is -3.17. The van der Waals surface area contributed by atoms with Crippen molar-refractivity contribution < 1.29 is 22.7 Å². The van der Waals surface area contributed by atoms with Crippen molar-refractivity contribution in [2.45, 2.75) is 44.9 Å². The second kappa shape index (κ2) is 9.83. The molecule has 1 N–H and O–H groups in total. The molecule has 1 heterocycles. The molecule has 0 atom stereocenters. The molecule has 7 nitrogen and oxygen atoms in total. The van der Waals surface area contributed by atoms with E-state index in [0.29, 0.717) is 16.3 Å². The third kappa shape index (κ3) is 5.11. The number of nitrogens with zero attached hydrogens (tertiary/aromatic N) is 1. The van der Waals surface area contributed by atoms with Crippen LogP contribution < -0.4 is 9.62 Å². The molecule has 0 aliphatic heterocycles. The lowest BCUT2D eigenvalue weighted by atomic mass is 10.1. The maximum atomic E-state index is 13.7. The largest absolute Gasteiger partial charge is 0.465 e. The van der Waals surface area contributed by atoms with Crippen LogP contribution in [0.3, 0.4) is 0 Å². The highest BCUT2D eigenvalue weighted by Crippen LogP contribution is 2.39. The quantitative estimate of drug-likeness (QED) is 0.460. The Morgan fingerprint density at radius 3 is 2.29 bits per heavy atom. The van der Waals surface area contributed by atoms with Gasteiger partial charge in [0.15, 0.2) is 0 Å². The highest BCUT2D eigenvalue weighted by molar-refractivity contribution is 7.92. The zero-order chi connectivity index (χ0) is 25.3. The van der Waals surface area contributed by atoms with Crippen molar-refractivity contribution in [1.82, 2.24) is 0 Å². The van der Waals surface area contributed by atoms with E-state index in [1.807, 2.05) is 26.8 Å². The van der Waals surface area contributed by atoms with Crippen LogP contribution in [-0.4, -0.2) is 33.9 Å². The first-order valence-electron chi connectivity index (χ1n) is 11.3. The van der Waals surface area contributed by atoms with Crippen LogP contribution in [0.4, 0.5) is 10.7 Å². The summed E-state index contributed by atoms with van der Waals surface area (Å²) in [7, 11) is -2.73. The Bertz CT molecular complexity index is 1370. The molecule has 1 aliphatic carbocycles. The summed E-state index contributed by atoms with van der Waals surface area (Å²) < 4.78 is 33.4. The first kappa shape index (κ1) is 24.9. The molecule has 0 spiro atoms. The summed E-state index contributed by atoms with van der Waals surface area (Å²) in [6.07, 6.45) is 2.55. The van der Waals surface area contributed by atoms with E-state index in [2.05, 4.69) is 5.32 Å². The number of nitrogens with one attached hydrogen (secondary N) is 1. The fourth-order valence-electron chi connectivity index (χ4n) is 4.35. The molecular weight excluding hydrogens is 484 g/mol. The van der Waals surface area contributed by atoms with Crippen LogP contribution in [0.15, 0.2) is 47.4 Å². The van der Waals surface area contributed by atoms with Crippen molar-refractivity contribution in [1.29, 1.82) is 0 Å². The molecule has 9 heteroatoms. The van der Waals surface area contributed by atoms with Crippen LogP contribution in [0.1, 0.15) is 43.9 Å². The highest BCUT2D eigenvalue weighted by atomic mass is 32.2. The molecule has 0 bridgehead atoms. The molecule has 1 aliphatic rings. The van der Waals surface area contributed by atoms with Crippen molar-refractivity contribution in [3.8, 4) is 0 Å². The number of hydrogen-bond donors (Lipinski definition) is 1. The summed E-state index contributed by atoms with van der Waals surface area (Å²) in [6, 6.07) is 12.0. The maximum absolute atomic E-state index is 13.7. The second-order valence-corrected chi connectivity index (χ2v) is 11.7. The fraction of sp³-hybridized carbons (Fsp3) is 0.308. The van der Waals surface area contributed by atoms with Gasteiger partial charge >= 0.3 is 5.97 Å². The minimum Gasteiger partial charge on any atom is -0.465 e. The van der Waals surface area contributed by atoms with Crippen molar-refractivity contribution in [3.63, 3.8) is 0 Å². The number of esters is 1. The number of benzene rings is 2. The molecule has 184 valence electrons. The number of carbonyl (C=O) groups excluding carboxylic acids is 2. The number of amides is 1. The lowest BCUT2D eigenvalue weighted by Crippen LogP contribution is -2.38. The van der Waals surface area contributed by atoms with Gasteiger partial charge in [-0.15, -0.1) is 11.3 Å². The summed E-state index contributed by atoms with van der Waals surface area (Å²) in [4.78, 5) is 26.8. The number of thiophene rings is 1. The topological polar surface area (TPSA) is 92.8 Å². The molecule has 2 aromatic carbocycles. The van der Waals surface area contributed by atoms with Gasteiger partial charge in [0.05, 0.1) is 23.3 Å². The predicted octanol–water partition coefficient (Wildman–Crippen LogP) is 4.78. The molecule has 0 saturated carbocycles. The molecule has 3 aromatic rings. The number of fused-ring (bicyclic) bond motifs is 1. The van der Waals surface area contributed by atoms with Crippen LogP contribution >= 0.6 is 11.3 Å². The van der Waals surface area contributed by atoms with E-state index < -0.39 is 28.4 Å². The van der Waals surface area contributed by atoms with E-state index in [1.165, 1.54) is 30.6 Å². The van der Waals surface area contributed by atoms with E-state index in [1.54, 1.807) is 24.3 Å². The van der Waals surface area contributed by atoms with E-state index in [-0.39, 0.29) is 4.90 Å². The van der Waals surface area contributed by atoms with Gasteiger partial charge in [0.2, 0.25) is 5.91 Å². The standard InChI is InChI=1S/C26H28N2O5S2/c1-16-8-10-20(11-9-16)35(31,32)28(19-13-17(2)12-18(3)14-19)15-23(29)27-25-24(26(30)33-4)21-6-5-7-22(21)34-25/h8-14H,5-7,15H2,1-4H3,(H,27,29). The van der Waals surface area contributed by atoms with Gasteiger partial charge in [-0.1, -0.05) is 23.8 Å². The minimum absolute atomic E-state index is 0.0976. The van der Waals surface area contributed by atoms with Crippen LogP contribution in [0.25, 0.3) is 0 Å².